The first-order chi connectivity index (χ1) is 19.4. The number of sulfonamides is 1. The van der Waals surface area contributed by atoms with Gasteiger partial charge >= 0.3 is 0 Å². The van der Waals surface area contributed by atoms with Crippen molar-refractivity contribution in [2.75, 3.05) is 23.7 Å². The fourth-order valence-corrected chi connectivity index (χ4v) is 7.73. The van der Waals surface area contributed by atoms with E-state index in [-0.39, 0.29) is 41.8 Å². The fraction of sp³-hybridized carbons (Fsp3) is 0.571. The summed E-state index contributed by atoms with van der Waals surface area (Å²) in [4.78, 5) is 14.8. The smallest absolute Gasteiger partial charge is 0.243 e. The largest absolute Gasteiger partial charge is 0.365 e. The number of piperidine rings is 1. The van der Waals surface area contributed by atoms with E-state index in [0.717, 1.165) is 49.7 Å². The van der Waals surface area contributed by atoms with Crippen LogP contribution in [0.1, 0.15) is 75.8 Å². The SMILES string of the molecule is Cl.Cl.N#Cc1ccc(S(=O)(=O)N2CCC(Nc3nc(N[C@H]4CC[C@H](N)CC4)nc4c3ncn4C3CCCC3)CC2)cc1. The lowest BCUT2D eigenvalue weighted by Gasteiger charge is -2.32. The fourth-order valence-electron chi connectivity index (χ4n) is 6.26. The van der Waals surface area contributed by atoms with Crippen molar-refractivity contribution in [3.8, 4) is 6.07 Å². The van der Waals surface area contributed by atoms with Crippen LogP contribution in [0.25, 0.3) is 11.2 Å². The summed E-state index contributed by atoms with van der Waals surface area (Å²) < 4.78 is 30.1. The molecular weight excluding hydrogens is 597 g/mol. The van der Waals surface area contributed by atoms with Crippen molar-refractivity contribution in [1.29, 1.82) is 5.26 Å². The third kappa shape index (κ3) is 6.76. The Balaban J connectivity index is 0.00000202. The Morgan fingerprint density at radius 3 is 2.17 bits per heavy atom. The molecule has 6 rings (SSSR count). The summed E-state index contributed by atoms with van der Waals surface area (Å²) in [5, 5.41) is 16.2. The van der Waals surface area contributed by atoms with Gasteiger partial charge in [0.2, 0.25) is 16.0 Å². The number of nitrogens with one attached hydrogen (secondary N) is 2. The lowest BCUT2D eigenvalue weighted by atomic mass is 9.92. The monoisotopic (exact) mass is 635 g/mol. The van der Waals surface area contributed by atoms with Crippen LogP contribution >= 0.6 is 24.8 Å². The molecule has 2 saturated carbocycles. The molecule has 228 valence electrons. The molecule has 0 atom stereocenters. The van der Waals surface area contributed by atoms with E-state index in [4.69, 9.17) is 25.9 Å². The molecule has 42 heavy (non-hydrogen) atoms. The van der Waals surface area contributed by atoms with E-state index in [1.807, 2.05) is 12.4 Å². The van der Waals surface area contributed by atoms with Crippen LogP contribution < -0.4 is 16.4 Å². The van der Waals surface area contributed by atoms with Crippen molar-refractivity contribution in [2.24, 2.45) is 5.73 Å². The highest BCUT2D eigenvalue weighted by Gasteiger charge is 2.31. The van der Waals surface area contributed by atoms with Crippen LogP contribution in [0, 0.1) is 11.3 Å². The summed E-state index contributed by atoms with van der Waals surface area (Å²) in [5.74, 6) is 1.31. The molecule has 1 saturated heterocycles. The Morgan fingerprint density at radius 2 is 1.52 bits per heavy atom. The van der Waals surface area contributed by atoms with Crippen LogP contribution in [0.15, 0.2) is 35.5 Å². The molecule has 0 bridgehead atoms. The zero-order chi connectivity index (χ0) is 27.7. The number of benzene rings is 1. The predicted molar refractivity (Wildman–Crippen MR) is 168 cm³/mol. The van der Waals surface area contributed by atoms with Crippen molar-refractivity contribution >= 4 is 57.8 Å². The van der Waals surface area contributed by atoms with Gasteiger partial charge in [-0.3, -0.25) is 0 Å². The van der Waals surface area contributed by atoms with Gasteiger partial charge in [0.05, 0.1) is 22.9 Å². The Labute approximate surface area is 259 Å². The van der Waals surface area contributed by atoms with Crippen LogP contribution in [0.3, 0.4) is 0 Å². The van der Waals surface area contributed by atoms with Crippen molar-refractivity contribution in [1.82, 2.24) is 23.8 Å². The first kappa shape index (κ1) is 32.2. The lowest BCUT2D eigenvalue weighted by Crippen LogP contribution is -2.42. The molecule has 14 heteroatoms. The topological polar surface area (TPSA) is 155 Å². The standard InChI is InChI=1S/C28H37N9O2S.2ClH/c29-17-19-5-11-24(12-6-19)40(38,39)36-15-13-22(14-16-36)32-26-25-27(37(18-31-25)23-3-1-2-4-23)35-28(34-26)33-21-9-7-20(30)8-10-21;;/h5-6,11-12,18,20-23H,1-4,7-10,13-16,30H2,(H2,32,33,34,35);2*1H/t20-,21-;;. The van der Waals surface area contributed by atoms with Gasteiger partial charge in [0.1, 0.15) is 0 Å². The Kier molecular flexibility index (Phi) is 10.5. The number of nitrogens with zero attached hydrogens (tertiary/aromatic N) is 6. The molecule has 0 spiro atoms. The Hall–Kier alpha value is -2.69. The third-order valence-corrected chi connectivity index (χ3v) is 10.6. The third-order valence-electron chi connectivity index (χ3n) is 8.66. The molecule has 3 aromatic rings. The first-order valence-electron chi connectivity index (χ1n) is 14.4. The van der Waals surface area contributed by atoms with E-state index in [2.05, 4.69) is 15.2 Å². The second-order valence-electron chi connectivity index (χ2n) is 11.4. The van der Waals surface area contributed by atoms with Crippen LogP contribution in [-0.2, 0) is 10.0 Å². The highest BCUT2D eigenvalue weighted by atomic mass is 35.5. The maximum absolute atomic E-state index is 13.2. The van der Waals surface area contributed by atoms with E-state index >= 15 is 0 Å². The van der Waals surface area contributed by atoms with E-state index < -0.39 is 10.0 Å². The van der Waals surface area contributed by atoms with Crippen LogP contribution in [0.4, 0.5) is 11.8 Å². The van der Waals surface area contributed by atoms with Crippen molar-refractivity contribution in [2.45, 2.75) is 93.3 Å². The summed E-state index contributed by atoms with van der Waals surface area (Å²) in [7, 11) is -3.62. The lowest BCUT2D eigenvalue weighted by molar-refractivity contribution is 0.329. The normalized spacial score (nSPS) is 22.2. The predicted octanol–water partition coefficient (Wildman–Crippen LogP) is 4.60. The maximum atomic E-state index is 13.2. The van der Waals surface area contributed by atoms with Gasteiger partial charge in [-0.2, -0.15) is 19.5 Å². The summed E-state index contributed by atoms with van der Waals surface area (Å²) >= 11 is 0. The number of nitriles is 1. The summed E-state index contributed by atoms with van der Waals surface area (Å²) in [6.07, 6.45) is 11.9. The number of nitrogens with two attached hydrogens (primary N) is 1. The number of anilines is 2. The number of imidazole rings is 1. The number of halogens is 2. The molecule has 0 unspecified atom stereocenters. The number of aromatic nitrogens is 4. The molecule has 0 amide bonds. The van der Waals surface area contributed by atoms with Crippen LogP contribution in [0.2, 0.25) is 0 Å². The highest BCUT2D eigenvalue weighted by molar-refractivity contribution is 7.89. The van der Waals surface area contributed by atoms with Gasteiger partial charge in [0, 0.05) is 37.3 Å². The molecule has 2 aliphatic carbocycles. The zero-order valence-electron chi connectivity index (χ0n) is 23.5. The van der Waals surface area contributed by atoms with E-state index in [1.54, 1.807) is 12.1 Å². The van der Waals surface area contributed by atoms with Crippen LogP contribution in [-0.4, -0.2) is 63.5 Å². The quantitative estimate of drug-likeness (QED) is 0.337. The van der Waals surface area contributed by atoms with Gasteiger partial charge in [-0.15, -0.1) is 24.8 Å². The van der Waals surface area contributed by atoms with Gasteiger partial charge in [-0.1, -0.05) is 12.8 Å². The molecule has 3 fully saturated rings. The van der Waals surface area contributed by atoms with Gasteiger partial charge in [0.15, 0.2) is 17.0 Å². The molecule has 0 radical (unpaired) electrons. The Bertz CT molecular complexity index is 1490. The molecule has 1 aliphatic heterocycles. The summed E-state index contributed by atoms with van der Waals surface area (Å²) in [5.41, 5.74) is 8.16. The average Bonchev–Trinajstić information content (AvgIpc) is 3.65. The summed E-state index contributed by atoms with van der Waals surface area (Å²) in [6, 6.07) is 9.15. The molecule has 2 aromatic heterocycles. The van der Waals surface area contributed by atoms with Gasteiger partial charge in [-0.05, 0) is 75.6 Å². The van der Waals surface area contributed by atoms with E-state index in [1.165, 1.54) is 29.3 Å². The van der Waals surface area contributed by atoms with Crippen LogP contribution in [0.5, 0.6) is 0 Å². The number of fused-ring (bicyclic) bond motifs is 1. The second kappa shape index (κ2) is 13.7. The minimum atomic E-state index is -3.62. The number of rotatable bonds is 7. The van der Waals surface area contributed by atoms with E-state index in [0.29, 0.717) is 55.3 Å². The van der Waals surface area contributed by atoms with Gasteiger partial charge < -0.3 is 20.9 Å². The first-order valence-corrected chi connectivity index (χ1v) is 15.9. The molecule has 11 nitrogen and oxygen atoms in total. The molecule has 3 heterocycles. The molecule has 1 aromatic carbocycles. The Morgan fingerprint density at radius 1 is 0.881 bits per heavy atom. The van der Waals surface area contributed by atoms with E-state index in [9.17, 15) is 8.42 Å². The zero-order valence-corrected chi connectivity index (χ0v) is 25.9. The summed E-state index contributed by atoms with van der Waals surface area (Å²) in [6.45, 7) is 0.802. The highest BCUT2D eigenvalue weighted by Crippen LogP contribution is 2.34. The molecular formula is C28H39Cl2N9O2S. The second-order valence-corrected chi connectivity index (χ2v) is 13.3. The number of hydrogen-bond donors (Lipinski definition) is 3. The number of hydrogen-bond acceptors (Lipinski definition) is 9. The minimum absolute atomic E-state index is 0. The van der Waals surface area contributed by atoms with Gasteiger partial charge in [-0.25, -0.2) is 13.4 Å². The van der Waals surface area contributed by atoms with Crippen molar-refractivity contribution < 1.29 is 8.42 Å². The average molecular weight is 637 g/mol. The van der Waals surface area contributed by atoms with Crippen molar-refractivity contribution in [3.63, 3.8) is 0 Å². The maximum Gasteiger partial charge on any atom is 0.243 e. The molecule has 3 aliphatic rings. The van der Waals surface area contributed by atoms with Gasteiger partial charge in [0.25, 0.3) is 0 Å². The van der Waals surface area contributed by atoms with Crippen molar-refractivity contribution in [3.05, 3.63) is 36.2 Å². The molecule has 4 N–H and O–H groups in total. The minimum Gasteiger partial charge on any atom is -0.365 e.